The van der Waals surface area contributed by atoms with E-state index in [4.69, 9.17) is 27.9 Å². The summed E-state index contributed by atoms with van der Waals surface area (Å²) in [5, 5.41) is 2.05. The summed E-state index contributed by atoms with van der Waals surface area (Å²) in [4.78, 5) is 52.5. The molecule has 0 unspecified atom stereocenters. The zero-order valence-electron chi connectivity index (χ0n) is 19.6. The minimum Gasteiger partial charge on any atom is -0.462 e. The topological polar surface area (TPSA) is 103 Å². The number of nitrogens with one attached hydrogen (secondary N) is 1. The van der Waals surface area contributed by atoms with Crippen molar-refractivity contribution < 1.29 is 27.5 Å². The molecule has 1 aliphatic heterocycles. The molecule has 38 heavy (non-hydrogen) atoms. The molecule has 1 aliphatic rings. The summed E-state index contributed by atoms with van der Waals surface area (Å²) >= 11 is 12.4. The first-order valence-corrected chi connectivity index (χ1v) is 11.9. The standard InChI is InChI=1S/C24H19Cl2F3N4O5/c1-2-38-21(35)15-12-32(14-6-7-18(17(25)10-14)31-9-8-30-22(31)36)23(37)33(20(15)34)11-13-4-3-5-16(19(13)26)24(27,28)29/h3-7,10,12H,2,8-9,11H2,1H3,(H,30,36). The van der Waals surface area contributed by atoms with Crippen molar-refractivity contribution in [2.45, 2.75) is 19.6 Å². The van der Waals surface area contributed by atoms with E-state index in [0.29, 0.717) is 23.3 Å². The predicted octanol–water partition coefficient (Wildman–Crippen LogP) is 4.08. The van der Waals surface area contributed by atoms with E-state index in [2.05, 4.69) is 5.32 Å². The first kappa shape index (κ1) is 27.3. The molecule has 1 saturated heterocycles. The third-order valence-corrected chi connectivity index (χ3v) is 6.48. The van der Waals surface area contributed by atoms with E-state index < -0.39 is 46.1 Å². The van der Waals surface area contributed by atoms with Gasteiger partial charge in [0.25, 0.3) is 5.56 Å². The molecule has 9 nitrogen and oxygen atoms in total. The fourth-order valence-electron chi connectivity index (χ4n) is 3.93. The number of alkyl halides is 3. The van der Waals surface area contributed by atoms with Gasteiger partial charge >= 0.3 is 23.9 Å². The van der Waals surface area contributed by atoms with Crippen LogP contribution >= 0.6 is 23.2 Å². The number of carbonyl (C=O) groups excluding carboxylic acids is 2. The molecule has 0 spiro atoms. The number of esters is 1. The van der Waals surface area contributed by atoms with E-state index in [1.54, 1.807) is 0 Å². The van der Waals surface area contributed by atoms with Crippen LogP contribution in [0.15, 0.2) is 52.2 Å². The van der Waals surface area contributed by atoms with Gasteiger partial charge in [-0.25, -0.2) is 14.4 Å². The Balaban J connectivity index is 1.87. The first-order valence-electron chi connectivity index (χ1n) is 11.2. The average Bonchev–Trinajstić information content (AvgIpc) is 3.27. The molecule has 0 saturated carbocycles. The molecule has 1 N–H and O–H groups in total. The van der Waals surface area contributed by atoms with Gasteiger partial charge in [0.2, 0.25) is 0 Å². The van der Waals surface area contributed by atoms with Crippen molar-refractivity contribution in [1.29, 1.82) is 0 Å². The Morgan fingerprint density at radius 2 is 1.87 bits per heavy atom. The van der Waals surface area contributed by atoms with Gasteiger partial charge in [-0.15, -0.1) is 0 Å². The van der Waals surface area contributed by atoms with E-state index in [1.807, 2.05) is 0 Å². The van der Waals surface area contributed by atoms with Gasteiger partial charge in [0.15, 0.2) is 0 Å². The van der Waals surface area contributed by atoms with Crippen LogP contribution in [0.4, 0.5) is 23.7 Å². The molecule has 1 aromatic heterocycles. The lowest BCUT2D eigenvalue weighted by atomic mass is 10.1. The highest BCUT2D eigenvalue weighted by molar-refractivity contribution is 6.34. The van der Waals surface area contributed by atoms with Gasteiger partial charge in [-0.2, -0.15) is 13.2 Å². The molecular formula is C24H19Cl2F3N4O5. The van der Waals surface area contributed by atoms with Gasteiger partial charge in [-0.05, 0) is 36.8 Å². The normalized spacial score (nSPS) is 13.5. The summed E-state index contributed by atoms with van der Waals surface area (Å²) < 4.78 is 46.5. The largest absolute Gasteiger partial charge is 0.462 e. The Hall–Kier alpha value is -3.77. The minimum atomic E-state index is -4.77. The number of benzene rings is 2. The third kappa shape index (κ3) is 5.14. The summed E-state index contributed by atoms with van der Waals surface area (Å²) in [6.45, 7) is 1.57. The van der Waals surface area contributed by atoms with Gasteiger partial charge in [0.1, 0.15) is 5.56 Å². The van der Waals surface area contributed by atoms with Crippen LogP contribution in [-0.2, 0) is 17.5 Å². The fourth-order valence-corrected chi connectivity index (χ4v) is 4.50. The smallest absolute Gasteiger partial charge is 0.417 e. The number of ether oxygens (including phenoxy) is 1. The van der Waals surface area contributed by atoms with Crippen molar-refractivity contribution in [3.8, 4) is 5.69 Å². The molecule has 0 aliphatic carbocycles. The number of urea groups is 1. The lowest BCUT2D eigenvalue weighted by molar-refractivity contribution is -0.137. The highest BCUT2D eigenvalue weighted by Crippen LogP contribution is 2.36. The first-order chi connectivity index (χ1) is 17.9. The van der Waals surface area contributed by atoms with Crippen LogP contribution in [0.5, 0.6) is 0 Å². The van der Waals surface area contributed by atoms with E-state index in [9.17, 15) is 32.3 Å². The number of rotatable bonds is 6. The number of aromatic nitrogens is 2. The van der Waals surface area contributed by atoms with E-state index in [1.165, 1.54) is 36.1 Å². The number of anilines is 1. The lowest BCUT2D eigenvalue weighted by Crippen LogP contribution is -2.42. The van der Waals surface area contributed by atoms with Crippen molar-refractivity contribution in [1.82, 2.24) is 14.5 Å². The van der Waals surface area contributed by atoms with Gasteiger partial charge in [-0.1, -0.05) is 35.3 Å². The highest BCUT2D eigenvalue weighted by atomic mass is 35.5. The number of amides is 2. The quantitative estimate of drug-likeness (QED) is 0.450. The van der Waals surface area contributed by atoms with E-state index >= 15 is 0 Å². The monoisotopic (exact) mass is 570 g/mol. The Labute approximate surface area is 222 Å². The third-order valence-electron chi connectivity index (χ3n) is 5.74. The number of hydrogen-bond acceptors (Lipinski definition) is 5. The zero-order valence-corrected chi connectivity index (χ0v) is 21.2. The van der Waals surface area contributed by atoms with Gasteiger partial charge < -0.3 is 10.1 Å². The molecule has 0 atom stereocenters. The van der Waals surface area contributed by atoms with Crippen molar-refractivity contribution in [2.75, 3.05) is 24.6 Å². The second-order valence-corrected chi connectivity index (χ2v) is 8.89. The molecule has 3 aromatic rings. The molecule has 4 rings (SSSR count). The van der Waals surface area contributed by atoms with Crippen LogP contribution in [0.1, 0.15) is 28.4 Å². The van der Waals surface area contributed by atoms with Gasteiger partial charge in [0.05, 0.1) is 40.1 Å². The molecule has 0 radical (unpaired) electrons. The summed E-state index contributed by atoms with van der Waals surface area (Å²) in [5.41, 5.74) is -3.39. The molecule has 2 amide bonds. The Kier molecular flexibility index (Phi) is 7.56. The molecule has 200 valence electrons. The second kappa shape index (κ2) is 10.5. The molecule has 2 aromatic carbocycles. The summed E-state index contributed by atoms with van der Waals surface area (Å²) in [6, 6.07) is 7.02. The number of hydrogen-bond donors (Lipinski definition) is 1. The van der Waals surface area contributed by atoms with E-state index in [-0.39, 0.29) is 28.9 Å². The average molecular weight is 571 g/mol. The summed E-state index contributed by atoms with van der Waals surface area (Å²) in [7, 11) is 0. The van der Waals surface area contributed by atoms with Crippen molar-refractivity contribution >= 4 is 40.9 Å². The number of carbonyl (C=O) groups is 2. The number of halogens is 5. The van der Waals surface area contributed by atoms with Crippen LogP contribution in [-0.4, -0.2) is 40.8 Å². The number of nitrogens with zero attached hydrogens (tertiary/aromatic N) is 3. The molecular weight excluding hydrogens is 552 g/mol. The van der Waals surface area contributed by atoms with Crippen LogP contribution in [0.25, 0.3) is 5.69 Å². The van der Waals surface area contributed by atoms with Crippen molar-refractivity contribution in [3.63, 3.8) is 0 Å². The fraction of sp³-hybridized carbons (Fsp3) is 0.250. The summed E-state index contributed by atoms with van der Waals surface area (Å²) in [6.07, 6.45) is -3.80. The van der Waals surface area contributed by atoms with Crippen LogP contribution < -0.4 is 21.5 Å². The minimum absolute atomic E-state index is 0.0741. The van der Waals surface area contributed by atoms with Crippen LogP contribution in [0.2, 0.25) is 10.0 Å². The van der Waals surface area contributed by atoms with Crippen LogP contribution in [0, 0.1) is 0 Å². The Morgan fingerprint density at radius 1 is 1.13 bits per heavy atom. The van der Waals surface area contributed by atoms with Crippen molar-refractivity contribution in [3.05, 3.63) is 90.2 Å². The molecule has 0 bridgehead atoms. The zero-order chi connectivity index (χ0) is 27.8. The maximum atomic E-state index is 13.4. The second-order valence-electron chi connectivity index (χ2n) is 8.10. The maximum Gasteiger partial charge on any atom is 0.417 e. The lowest BCUT2D eigenvalue weighted by Gasteiger charge is -2.18. The Bertz CT molecular complexity index is 1550. The Morgan fingerprint density at radius 3 is 2.47 bits per heavy atom. The van der Waals surface area contributed by atoms with Crippen molar-refractivity contribution in [2.24, 2.45) is 0 Å². The van der Waals surface area contributed by atoms with Gasteiger partial charge in [0, 0.05) is 19.3 Å². The van der Waals surface area contributed by atoms with Crippen LogP contribution in [0.3, 0.4) is 0 Å². The molecule has 14 heteroatoms. The molecule has 1 fully saturated rings. The predicted molar refractivity (Wildman–Crippen MR) is 134 cm³/mol. The molecule has 2 heterocycles. The van der Waals surface area contributed by atoms with E-state index in [0.717, 1.165) is 22.9 Å². The SMILES string of the molecule is CCOC(=O)c1cn(-c2ccc(N3CCNC3=O)c(Cl)c2)c(=O)n(Cc2cccc(C(F)(F)F)c2Cl)c1=O. The maximum absolute atomic E-state index is 13.4. The van der Waals surface area contributed by atoms with Gasteiger partial charge in [-0.3, -0.25) is 18.8 Å². The highest BCUT2D eigenvalue weighted by Gasteiger charge is 2.34. The summed E-state index contributed by atoms with van der Waals surface area (Å²) in [5.74, 6) is -1.04.